The number of hydrogen-bond donors (Lipinski definition) is 2. The standard InChI is InChI=1S/C10H11ClN6O/c1-2-3-17-10(18)9(11)7(4-15-17)12-5-8-13-6-14-16-8/h2,4,6,12H,1,3,5H2,(H,13,14,16). The van der Waals surface area contributed by atoms with Crippen molar-refractivity contribution in [2.24, 2.45) is 0 Å². The fraction of sp³-hybridized carbons (Fsp3) is 0.200. The molecule has 2 aromatic heterocycles. The summed E-state index contributed by atoms with van der Waals surface area (Å²) in [6.07, 6.45) is 4.47. The van der Waals surface area contributed by atoms with Crippen LogP contribution in [0.2, 0.25) is 5.02 Å². The number of aromatic nitrogens is 5. The second-order valence-corrected chi connectivity index (χ2v) is 3.81. The average Bonchev–Trinajstić information content (AvgIpc) is 2.87. The van der Waals surface area contributed by atoms with E-state index in [1.54, 1.807) is 6.08 Å². The van der Waals surface area contributed by atoms with Gasteiger partial charge in [0.15, 0.2) is 0 Å². The van der Waals surface area contributed by atoms with Crippen molar-refractivity contribution in [2.45, 2.75) is 13.1 Å². The van der Waals surface area contributed by atoms with Gasteiger partial charge in [-0.2, -0.15) is 10.2 Å². The van der Waals surface area contributed by atoms with Crippen LogP contribution in [0, 0.1) is 0 Å². The lowest BCUT2D eigenvalue weighted by Gasteiger charge is -2.07. The average molecular weight is 267 g/mol. The topological polar surface area (TPSA) is 88.5 Å². The second-order valence-electron chi connectivity index (χ2n) is 3.43. The molecule has 0 saturated heterocycles. The van der Waals surface area contributed by atoms with Gasteiger partial charge < -0.3 is 5.32 Å². The molecule has 2 aromatic rings. The molecular formula is C10H11ClN6O. The van der Waals surface area contributed by atoms with Crippen molar-refractivity contribution in [3.8, 4) is 0 Å². The van der Waals surface area contributed by atoms with Crippen LogP contribution in [0.1, 0.15) is 5.82 Å². The Balaban J connectivity index is 2.16. The van der Waals surface area contributed by atoms with Gasteiger partial charge in [-0.25, -0.2) is 9.67 Å². The van der Waals surface area contributed by atoms with Gasteiger partial charge in [0.05, 0.1) is 25.0 Å². The Morgan fingerprint density at radius 1 is 1.61 bits per heavy atom. The third kappa shape index (κ3) is 2.57. The predicted octanol–water partition coefficient (Wildman–Crippen LogP) is 0.813. The van der Waals surface area contributed by atoms with Crippen molar-refractivity contribution < 1.29 is 0 Å². The Kier molecular flexibility index (Phi) is 3.73. The maximum Gasteiger partial charge on any atom is 0.287 e. The molecule has 0 atom stereocenters. The van der Waals surface area contributed by atoms with E-state index >= 15 is 0 Å². The Morgan fingerprint density at radius 2 is 2.44 bits per heavy atom. The quantitative estimate of drug-likeness (QED) is 0.782. The zero-order valence-corrected chi connectivity index (χ0v) is 10.2. The van der Waals surface area contributed by atoms with Crippen LogP contribution in [-0.4, -0.2) is 25.0 Å². The minimum absolute atomic E-state index is 0.0892. The van der Waals surface area contributed by atoms with Crippen LogP contribution in [0.5, 0.6) is 0 Å². The molecule has 0 aliphatic rings. The van der Waals surface area contributed by atoms with Crippen LogP contribution in [0.15, 0.2) is 30.0 Å². The summed E-state index contributed by atoms with van der Waals surface area (Å²) >= 11 is 5.96. The van der Waals surface area contributed by atoms with Gasteiger partial charge in [-0.05, 0) is 0 Å². The zero-order valence-electron chi connectivity index (χ0n) is 9.43. The monoisotopic (exact) mass is 266 g/mol. The highest BCUT2D eigenvalue weighted by atomic mass is 35.5. The predicted molar refractivity (Wildman–Crippen MR) is 67.4 cm³/mol. The van der Waals surface area contributed by atoms with Crippen LogP contribution < -0.4 is 10.9 Å². The second kappa shape index (κ2) is 5.46. The summed E-state index contributed by atoms with van der Waals surface area (Å²) in [6.45, 7) is 4.24. The maximum atomic E-state index is 11.8. The number of nitrogens with zero attached hydrogens (tertiary/aromatic N) is 4. The van der Waals surface area contributed by atoms with Crippen LogP contribution in [0.3, 0.4) is 0 Å². The van der Waals surface area contributed by atoms with E-state index in [4.69, 9.17) is 11.6 Å². The lowest BCUT2D eigenvalue weighted by atomic mass is 10.4. The van der Waals surface area contributed by atoms with Crippen molar-refractivity contribution in [1.29, 1.82) is 0 Å². The molecule has 0 spiro atoms. The molecule has 0 aliphatic carbocycles. The van der Waals surface area contributed by atoms with E-state index < -0.39 is 0 Å². The number of anilines is 1. The van der Waals surface area contributed by atoms with E-state index in [-0.39, 0.29) is 10.6 Å². The first-order valence-electron chi connectivity index (χ1n) is 5.17. The first-order chi connectivity index (χ1) is 8.72. The van der Waals surface area contributed by atoms with E-state index in [0.29, 0.717) is 24.6 Å². The van der Waals surface area contributed by atoms with E-state index in [9.17, 15) is 4.79 Å². The van der Waals surface area contributed by atoms with E-state index in [2.05, 4.69) is 32.2 Å². The molecule has 0 radical (unpaired) electrons. The summed E-state index contributed by atoms with van der Waals surface area (Å²) in [5.74, 6) is 0.640. The summed E-state index contributed by atoms with van der Waals surface area (Å²) in [7, 11) is 0. The molecule has 18 heavy (non-hydrogen) atoms. The molecule has 0 aromatic carbocycles. The summed E-state index contributed by atoms with van der Waals surface area (Å²) in [5, 5.41) is 13.4. The molecule has 0 bridgehead atoms. The van der Waals surface area contributed by atoms with Gasteiger partial charge >= 0.3 is 0 Å². The lowest BCUT2D eigenvalue weighted by Crippen LogP contribution is -2.23. The number of aromatic amines is 1. The normalized spacial score (nSPS) is 10.3. The number of nitrogens with one attached hydrogen (secondary N) is 2. The Morgan fingerprint density at radius 3 is 3.11 bits per heavy atom. The molecule has 2 rings (SSSR count). The van der Waals surface area contributed by atoms with Crippen molar-refractivity contribution in [3.05, 3.63) is 46.4 Å². The third-order valence-corrected chi connectivity index (χ3v) is 2.56. The van der Waals surface area contributed by atoms with Gasteiger partial charge in [0, 0.05) is 0 Å². The van der Waals surface area contributed by atoms with E-state index in [1.807, 2.05) is 0 Å². The number of H-pyrrole nitrogens is 1. The molecule has 0 aliphatic heterocycles. The summed E-state index contributed by atoms with van der Waals surface area (Å²) in [5.41, 5.74) is 0.0949. The number of hydrogen-bond acceptors (Lipinski definition) is 5. The first kappa shape index (κ1) is 12.3. The SMILES string of the molecule is C=CCn1ncc(NCc2ncn[nH]2)c(Cl)c1=O. The van der Waals surface area contributed by atoms with E-state index in [0.717, 1.165) is 0 Å². The largest absolute Gasteiger partial charge is 0.375 e. The van der Waals surface area contributed by atoms with Gasteiger partial charge in [-0.3, -0.25) is 9.89 Å². The van der Waals surface area contributed by atoms with Crippen molar-refractivity contribution in [2.75, 3.05) is 5.32 Å². The summed E-state index contributed by atoms with van der Waals surface area (Å²) < 4.78 is 1.23. The van der Waals surface area contributed by atoms with Crippen LogP contribution in [0.25, 0.3) is 0 Å². The Bertz CT molecular complexity index is 591. The van der Waals surface area contributed by atoms with Gasteiger partial charge in [-0.15, -0.1) is 6.58 Å². The minimum Gasteiger partial charge on any atom is -0.375 e. The molecule has 7 nitrogen and oxygen atoms in total. The molecule has 94 valence electrons. The molecule has 0 fully saturated rings. The molecule has 2 heterocycles. The summed E-state index contributed by atoms with van der Waals surface area (Å²) in [4.78, 5) is 15.7. The summed E-state index contributed by atoms with van der Waals surface area (Å²) in [6, 6.07) is 0. The van der Waals surface area contributed by atoms with Crippen molar-refractivity contribution in [1.82, 2.24) is 25.0 Å². The molecule has 0 unspecified atom stereocenters. The molecular weight excluding hydrogens is 256 g/mol. The zero-order chi connectivity index (χ0) is 13.0. The van der Waals surface area contributed by atoms with Gasteiger partial charge in [0.1, 0.15) is 17.2 Å². The fourth-order valence-electron chi connectivity index (χ4n) is 1.34. The fourth-order valence-corrected chi connectivity index (χ4v) is 1.55. The van der Waals surface area contributed by atoms with Gasteiger partial charge in [-0.1, -0.05) is 17.7 Å². The van der Waals surface area contributed by atoms with Crippen molar-refractivity contribution in [3.63, 3.8) is 0 Å². The number of rotatable bonds is 5. The number of allylic oxidation sites excluding steroid dienone is 1. The molecule has 8 heteroatoms. The van der Waals surface area contributed by atoms with Crippen molar-refractivity contribution >= 4 is 17.3 Å². The first-order valence-corrected chi connectivity index (χ1v) is 5.54. The third-order valence-electron chi connectivity index (χ3n) is 2.20. The van der Waals surface area contributed by atoms with Crippen LogP contribution in [0.4, 0.5) is 5.69 Å². The minimum atomic E-state index is -0.362. The lowest BCUT2D eigenvalue weighted by molar-refractivity contribution is 0.652. The highest BCUT2D eigenvalue weighted by molar-refractivity contribution is 6.32. The molecule has 0 saturated carbocycles. The van der Waals surface area contributed by atoms with Crippen LogP contribution in [-0.2, 0) is 13.1 Å². The Labute approximate surface area is 108 Å². The molecule has 2 N–H and O–H groups in total. The van der Waals surface area contributed by atoms with Gasteiger partial charge in [0.25, 0.3) is 5.56 Å². The molecule has 0 amide bonds. The maximum absolute atomic E-state index is 11.8. The highest BCUT2D eigenvalue weighted by Gasteiger charge is 2.08. The number of halogens is 1. The van der Waals surface area contributed by atoms with E-state index in [1.165, 1.54) is 17.2 Å². The smallest absolute Gasteiger partial charge is 0.287 e. The van der Waals surface area contributed by atoms with Gasteiger partial charge in [0.2, 0.25) is 0 Å². The highest BCUT2D eigenvalue weighted by Crippen LogP contribution is 2.15. The Hall–Kier alpha value is -2.15. The van der Waals surface area contributed by atoms with Crippen LogP contribution >= 0.6 is 11.6 Å².